The summed E-state index contributed by atoms with van der Waals surface area (Å²) >= 11 is 0. The number of ether oxygens (including phenoxy) is 1. The van der Waals surface area contributed by atoms with Gasteiger partial charge in [0.05, 0.1) is 22.8 Å². The van der Waals surface area contributed by atoms with Gasteiger partial charge in [-0.1, -0.05) is 12.1 Å². The molecule has 8 heteroatoms. The molecule has 3 rings (SSSR count). The lowest BCUT2D eigenvalue weighted by Gasteiger charge is -2.35. The van der Waals surface area contributed by atoms with Crippen molar-refractivity contribution in [2.24, 2.45) is 0 Å². The average Bonchev–Trinajstić information content (AvgIpc) is 2.62. The van der Waals surface area contributed by atoms with Crippen molar-refractivity contribution in [3.8, 4) is 0 Å². The van der Waals surface area contributed by atoms with Crippen LogP contribution in [0.1, 0.15) is 29.8 Å². The first-order valence-electron chi connectivity index (χ1n) is 9.39. The molecule has 1 N–H and O–H groups in total. The van der Waals surface area contributed by atoms with E-state index in [9.17, 15) is 17.6 Å². The summed E-state index contributed by atoms with van der Waals surface area (Å²) in [5, 5.41) is 2.45. The van der Waals surface area contributed by atoms with Crippen molar-refractivity contribution in [2.75, 3.05) is 24.7 Å². The number of nitrogens with zero attached hydrogens (tertiary/aromatic N) is 1. The summed E-state index contributed by atoms with van der Waals surface area (Å²) in [6.07, 6.45) is 1.39. The highest BCUT2D eigenvalue weighted by molar-refractivity contribution is 7.90. The molecule has 0 aliphatic carbocycles. The van der Waals surface area contributed by atoms with Crippen molar-refractivity contribution in [2.45, 2.75) is 37.5 Å². The number of hydrogen-bond acceptors (Lipinski definition) is 5. The van der Waals surface area contributed by atoms with Gasteiger partial charge < -0.3 is 10.1 Å². The monoisotopic (exact) mass is 420 g/mol. The Morgan fingerprint density at radius 3 is 2.34 bits per heavy atom. The molecule has 0 spiro atoms. The van der Waals surface area contributed by atoms with Crippen LogP contribution in [0.3, 0.4) is 0 Å². The fraction of sp³-hybridized carbons (Fsp3) is 0.381. The van der Waals surface area contributed by atoms with Gasteiger partial charge in [0.1, 0.15) is 5.82 Å². The molecule has 1 fully saturated rings. The van der Waals surface area contributed by atoms with Crippen LogP contribution in [0.4, 0.5) is 10.1 Å². The van der Waals surface area contributed by atoms with Crippen LogP contribution >= 0.6 is 0 Å². The van der Waals surface area contributed by atoms with Crippen LogP contribution in [0.15, 0.2) is 47.4 Å². The Hall–Kier alpha value is -2.29. The van der Waals surface area contributed by atoms with Gasteiger partial charge in [-0.25, -0.2) is 12.8 Å². The van der Waals surface area contributed by atoms with Crippen molar-refractivity contribution in [1.82, 2.24) is 4.90 Å². The minimum atomic E-state index is -3.50. The predicted octanol–water partition coefficient (Wildman–Crippen LogP) is 3.09. The first-order chi connectivity index (χ1) is 13.6. The molecule has 2 unspecified atom stereocenters. The van der Waals surface area contributed by atoms with Gasteiger partial charge in [0, 0.05) is 31.5 Å². The molecule has 1 saturated heterocycles. The first kappa shape index (κ1) is 21.4. The average molecular weight is 421 g/mol. The normalized spacial score (nSPS) is 20.4. The third kappa shape index (κ3) is 5.62. The van der Waals surface area contributed by atoms with Crippen molar-refractivity contribution in [3.05, 3.63) is 59.4 Å². The van der Waals surface area contributed by atoms with Crippen molar-refractivity contribution >= 4 is 21.4 Å². The van der Waals surface area contributed by atoms with E-state index in [1.807, 2.05) is 26.0 Å². The first-order valence-corrected chi connectivity index (χ1v) is 11.3. The van der Waals surface area contributed by atoms with Crippen molar-refractivity contribution in [1.29, 1.82) is 0 Å². The van der Waals surface area contributed by atoms with E-state index in [-0.39, 0.29) is 22.8 Å². The van der Waals surface area contributed by atoms with Gasteiger partial charge in [0.25, 0.3) is 5.91 Å². The minimum absolute atomic E-state index is 0.0569. The van der Waals surface area contributed by atoms with Crippen molar-refractivity contribution < 1.29 is 22.3 Å². The molecule has 0 radical (unpaired) electrons. The van der Waals surface area contributed by atoms with E-state index in [2.05, 4.69) is 10.2 Å². The lowest BCUT2D eigenvalue weighted by atomic mass is 10.1. The number of benzene rings is 2. The molecule has 29 heavy (non-hydrogen) atoms. The topological polar surface area (TPSA) is 75.7 Å². The lowest BCUT2D eigenvalue weighted by Crippen LogP contribution is -2.44. The van der Waals surface area contributed by atoms with E-state index in [0.717, 1.165) is 43.6 Å². The molecule has 0 bridgehead atoms. The highest BCUT2D eigenvalue weighted by atomic mass is 32.2. The number of morpholine rings is 1. The Morgan fingerprint density at radius 2 is 1.76 bits per heavy atom. The number of hydrogen-bond donors (Lipinski definition) is 1. The third-order valence-electron chi connectivity index (χ3n) is 4.73. The number of sulfone groups is 1. The van der Waals surface area contributed by atoms with E-state index in [4.69, 9.17) is 4.74 Å². The van der Waals surface area contributed by atoms with Crippen LogP contribution in [0.25, 0.3) is 0 Å². The molecular weight excluding hydrogens is 395 g/mol. The molecule has 1 amide bonds. The third-order valence-corrected chi connectivity index (χ3v) is 5.84. The van der Waals surface area contributed by atoms with Crippen LogP contribution in [0.5, 0.6) is 0 Å². The van der Waals surface area contributed by atoms with Crippen molar-refractivity contribution in [3.63, 3.8) is 0 Å². The highest BCUT2D eigenvalue weighted by Gasteiger charge is 2.22. The molecule has 2 aromatic rings. The maximum atomic E-state index is 14.0. The van der Waals surface area contributed by atoms with E-state index in [1.54, 1.807) is 12.1 Å². The van der Waals surface area contributed by atoms with Crippen LogP contribution in [-0.2, 0) is 21.1 Å². The molecule has 1 aliphatic heterocycles. The Bertz CT molecular complexity index is 982. The van der Waals surface area contributed by atoms with Gasteiger partial charge in [0.15, 0.2) is 9.84 Å². The van der Waals surface area contributed by atoms with Crippen LogP contribution in [0.2, 0.25) is 0 Å². The molecule has 156 valence electrons. The summed E-state index contributed by atoms with van der Waals surface area (Å²) in [7, 11) is -3.50. The van der Waals surface area contributed by atoms with Gasteiger partial charge in [-0.15, -0.1) is 0 Å². The second-order valence-corrected chi connectivity index (χ2v) is 9.53. The maximum Gasteiger partial charge on any atom is 0.255 e. The molecule has 1 aliphatic rings. The summed E-state index contributed by atoms with van der Waals surface area (Å²) < 4.78 is 43.0. The zero-order valence-corrected chi connectivity index (χ0v) is 17.5. The highest BCUT2D eigenvalue weighted by Crippen LogP contribution is 2.21. The number of anilines is 1. The Balaban J connectivity index is 1.68. The number of rotatable bonds is 5. The molecule has 1 heterocycles. The van der Waals surface area contributed by atoms with Gasteiger partial charge in [0.2, 0.25) is 0 Å². The van der Waals surface area contributed by atoms with E-state index in [0.29, 0.717) is 5.56 Å². The Morgan fingerprint density at radius 1 is 1.14 bits per heavy atom. The standard InChI is InChI=1S/C21H25FN2O4S/c1-14-11-24(12-15(2)28-14)13-16-4-6-17(7-5-16)21(25)23-20-10-18(29(3,26)27)8-9-19(20)22/h4-10,14-15H,11-13H2,1-3H3,(H,23,25). The fourth-order valence-corrected chi connectivity index (χ4v) is 4.11. The Kier molecular flexibility index (Phi) is 6.36. The fourth-order valence-electron chi connectivity index (χ4n) is 3.46. The number of carbonyl (C=O) groups excluding carboxylic acids is 1. The van der Waals surface area contributed by atoms with Crippen LogP contribution in [0, 0.1) is 5.82 Å². The second kappa shape index (κ2) is 8.61. The van der Waals surface area contributed by atoms with Gasteiger partial charge >= 0.3 is 0 Å². The van der Waals surface area contributed by atoms with E-state index in [1.165, 1.54) is 6.07 Å². The zero-order valence-electron chi connectivity index (χ0n) is 16.7. The smallest absolute Gasteiger partial charge is 0.255 e. The Labute approximate surface area is 170 Å². The van der Waals surface area contributed by atoms with E-state index < -0.39 is 21.6 Å². The SMILES string of the molecule is CC1CN(Cc2ccc(C(=O)Nc3cc(S(C)(=O)=O)ccc3F)cc2)CC(C)O1. The summed E-state index contributed by atoms with van der Waals surface area (Å²) in [5.41, 5.74) is 1.26. The van der Waals surface area contributed by atoms with Crippen LogP contribution < -0.4 is 5.32 Å². The molecular formula is C21H25FN2O4S. The number of carbonyl (C=O) groups is 1. The van der Waals surface area contributed by atoms with Gasteiger partial charge in [-0.3, -0.25) is 9.69 Å². The molecule has 2 aromatic carbocycles. The van der Waals surface area contributed by atoms with E-state index >= 15 is 0 Å². The lowest BCUT2D eigenvalue weighted by molar-refractivity contribution is -0.0704. The summed E-state index contributed by atoms with van der Waals surface area (Å²) in [6, 6.07) is 10.4. The molecule has 6 nitrogen and oxygen atoms in total. The largest absolute Gasteiger partial charge is 0.373 e. The maximum absolute atomic E-state index is 14.0. The summed E-state index contributed by atoms with van der Waals surface area (Å²) in [6.45, 7) is 6.55. The molecule has 2 atom stereocenters. The number of amides is 1. The second-order valence-electron chi connectivity index (χ2n) is 7.52. The minimum Gasteiger partial charge on any atom is -0.373 e. The van der Waals surface area contributed by atoms with Crippen LogP contribution in [-0.4, -0.2) is 50.8 Å². The molecule has 0 saturated carbocycles. The molecule has 0 aromatic heterocycles. The summed E-state index contributed by atoms with van der Waals surface area (Å²) in [5.74, 6) is -1.20. The predicted molar refractivity (Wildman–Crippen MR) is 109 cm³/mol. The number of nitrogens with one attached hydrogen (secondary N) is 1. The quantitative estimate of drug-likeness (QED) is 0.753. The van der Waals surface area contributed by atoms with Gasteiger partial charge in [-0.05, 0) is 49.7 Å². The zero-order chi connectivity index (χ0) is 21.2. The number of halogens is 1. The summed E-state index contributed by atoms with van der Waals surface area (Å²) in [4.78, 5) is 14.7. The van der Waals surface area contributed by atoms with Gasteiger partial charge in [-0.2, -0.15) is 0 Å².